The first kappa shape index (κ1) is 32.5. The Morgan fingerprint density at radius 2 is 1.88 bits per heavy atom. The molecule has 15 heteroatoms. The van der Waals surface area contributed by atoms with Crippen LogP contribution in [0.5, 0.6) is 0 Å². The van der Waals surface area contributed by atoms with E-state index in [0.717, 1.165) is 62.7 Å². The number of urea groups is 1. The summed E-state index contributed by atoms with van der Waals surface area (Å²) >= 11 is 2.42. The molecule has 4 aliphatic rings. The number of aromatic nitrogens is 3. The molecule has 2 N–H and O–H groups in total. The maximum Gasteiger partial charge on any atom is 0.427 e. The standard InChI is InChI=1S/C34H37F3N8O2S2/c1-42-27-14-22(5-6-26(27)30(41-42)45-12-9-29(46)40-32(45)47)23-15-33(16-23)19-43(20-33)18-21-3-2-4-25(13-21)49-44-10-7-24(8-11-44)39-31-38-17-28(48-31)34(35,36)37/h2-6,13-14,17,23-24H,7-12,15-16,18-20H2,1H3,(H,38,39)(H,40,46,47). The molecule has 0 unspecified atom stereocenters. The smallest absolute Gasteiger partial charge is 0.359 e. The van der Waals surface area contributed by atoms with Gasteiger partial charge in [-0.05, 0) is 84.4 Å². The number of amides is 3. The Labute approximate surface area is 290 Å². The zero-order chi connectivity index (χ0) is 33.9. The largest absolute Gasteiger partial charge is 0.427 e. The summed E-state index contributed by atoms with van der Waals surface area (Å²) in [4.78, 5) is 32.6. The van der Waals surface area contributed by atoms with E-state index in [1.807, 2.05) is 11.7 Å². The molecule has 258 valence electrons. The number of thiazole rings is 1. The summed E-state index contributed by atoms with van der Waals surface area (Å²) in [7, 11) is 1.90. The Morgan fingerprint density at radius 3 is 2.61 bits per heavy atom. The SMILES string of the molecule is Cn1nc(N2CCC(=O)NC2=O)c2ccc(C3CC4(C3)CN(Cc3cccc(SN5CCC(Nc6ncc(C(F)(F)F)s6)CC5)c3)C4)cc21. The third kappa shape index (κ3) is 6.65. The van der Waals surface area contributed by atoms with Gasteiger partial charge in [0, 0.05) is 69.1 Å². The zero-order valence-electron chi connectivity index (χ0n) is 27.0. The van der Waals surface area contributed by atoms with Gasteiger partial charge in [-0.1, -0.05) is 29.5 Å². The normalized spacial score (nSPS) is 20.9. The van der Waals surface area contributed by atoms with Gasteiger partial charge in [0.15, 0.2) is 10.9 Å². The number of rotatable bonds is 8. The first-order chi connectivity index (χ1) is 23.5. The van der Waals surface area contributed by atoms with Crippen LogP contribution < -0.4 is 15.5 Å². The summed E-state index contributed by atoms with van der Waals surface area (Å²) < 4.78 is 42.9. The molecule has 8 rings (SSSR count). The number of hydrogen-bond acceptors (Lipinski definition) is 9. The topological polar surface area (TPSA) is 98.6 Å². The first-order valence-corrected chi connectivity index (χ1v) is 18.2. The maximum absolute atomic E-state index is 12.9. The summed E-state index contributed by atoms with van der Waals surface area (Å²) in [5.74, 6) is 0.850. The molecule has 4 aromatic rings. The molecule has 1 spiro atoms. The predicted octanol–water partition coefficient (Wildman–Crippen LogP) is 6.46. The van der Waals surface area contributed by atoms with Crippen LogP contribution >= 0.6 is 23.3 Å². The molecular weight excluding hydrogens is 674 g/mol. The number of piperidine rings is 1. The van der Waals surface area contributed by atoms with Crippen LogP contribution in [0.25, 0.3) is 10.9 Å². The van der Waals surface area contributed by atoms with Gasteiger partial charge in [-0.2, -0.15) is 18.3 Å². The van der Waals surface area contributed by atoms with Crippen molar-refractivity contribution in [3.63, 3.8) is 0 Å². The highest BCUT2D eigenvalue weighted by Crippen LogP contribution is 2.56. The molecule has 5 heterocycles. The Kier molecular flexibility index (Phi) is 8.36. The average Bonchev–Trinajstić information content (AvgIpc) is 3.63. The van der Waals surface area contributed by atoms with E-state index in [2.05, 4.69) is 72.4 Å². The third-order valence-electron chi connectivity index (χ3n) is 10.2. The number of nitrogens with one attached hydrogen (secondary N) is 2. The number of halogens is 3. The molecule has 1 saturated carbocycles. The number of anilines is 2. The fraction of sp³-hybridized carbons (Fsp3) is 0.471. The molecule has 0 radical (unpaired) electrons. The van der Waals surface area contributed by atoms with Crippen LogP contribution in [0.1, 0.15) is 54.0 Å². The van der Waals surface area contributed by atoms with Gasteiger partial charge in [-0.25, -0.2) is 14.1 Å². The van der Waals surface area contributed by atoms with Crippen LogP contribution in [-0.2, 0) is 24.6 Å². The van der Waals surface area contributed by atoms with Crippen LogP contribution in [-0.4, -0.2) is 74.7 Å². The highest BCUT2D eigenvalue weighted by Gasteiger charge is 2.52. The van der Waals surface area contributed by atoms with Crippen molar-refractivity contribution in [3.05, 3.63) is 64.7 Å². The van der Waals surface area contributed by atoms with Crippen LogP contribution in [0.15, 0.2) is 53.6 Å². The van der Waals surface area contributed by atoms with Gasteiger partial charge in [0.1, 0.15) is 4.88 Å². The molecule has 0 atom stereocenters. The van der Waals surface area contributed by atoms with Gasteiger partial charge in [-0.3, -0.25) is 24.6 Å². The second-order valence-electron chi connectivity index (χ2n) is 13.8. The Balaban J connectivity index is 0.803. The third-order valence-corrected chi connectivity index (χ3v) is 12.3. The van der Waals surface area contributed by atoms with Crippen molar-refractivity contribution in [1.82, 2.24) is 29.3 Å². The summed E-state index contributed by atoms with van der Waals surface area (Å²) in [5.41, 5.74) is 3.99. The van der Waals surface area contributed by atoms with Crippen molar-refractivity contribution in [2.75, 3.05) is 42.9 Å². The number of hydrogen-bond donors (Lipinski definition) is 2. The summed E-state index contributed by atoms with van der Waals surface area (Å²) in [6.07, 6.45) is 0.856. The zero-order valence-corrected chi connectivity index (χ0v) is 28.6. The number of imide groups is 1. The lowest BCUT2D eigenvalue weighted by molar-refractivity contribution is -0.134. The van der Waals surface area contributed by atoms with Crippen molar-refractivity contribution < 1.29 is 22.8 Å². The maximum atomic E-state index is 12.9. The number of likely N-dealkylation sites (tertiary alicyclic amines) is 1. The van der Waals surface area contributed by atoms with Crippen molar-refractivity contribution in [3.8, 4) is 0 Å². The molecule has 49 heavy (non-hydrogen) atoms. The molecule has 2 aromatic carbocycles. The number of fused-ring (bicyclic) bond motifs is 1. The van der Waals surface area contributed by atoms with Crippen molar-refractivity contribution in [2.24, 2.45) is 12.5 Å². The van der Waals surface area contributed by atoms with E-state index < -0.39 is 17.1 Å². The minimum atomic E-state index is -4.35. The fourth-order valence-electron chi connectivity index (χ4n) is 7.81. The van der Waals surface area contributed by atoms with E-state index in [-0.39, 0.29) is 18.4 Å². The number of alkyl halides is 3. The lowest BCUT2D eigenvalue weighted by Gasteiger charge is -2.59. The van der Waals surface area contributed by atoms with E-state index >= 15 is 0 Å². The van der Waals surface area contributed by atoms with Gasteiger partial charge in [0.2, 0.25) is 5.91 Å². The van der Waals surface area contributed by atoms with Crippen molar-refractivity contribution >= 4 is 57.1 Å². The fourth-order valence-corrected chi connectivity index (χ4v) is 9.61. The molecule has 4 fully saturated rings. The van der Waals surface area contributed by atoms with E-state index in [1.165, 1.54) is 28.9 Å². The first-order valence-electron chi connectivity index (χ1n) is 16.6. The van der Waals surface area contributed by atoms with Gasteiger partial charge in [0.05, 0.1) is 11.7 Å². The lowest BCUT2D eigenvalue weighted by Crippen LogP contribution is -2.61. The molecule has 2 aromatic heterocycles. The quantitative estimate of drug-likeness (QED) is 0.201. The van der Waals surface area contributed by atoms with Crippen LogP contribution in [0.3, 0.4) is 0 Å². The monoisotopic (exact) mass is 710 g/mol. The van der Waals surface area contributed by atoms with Crippen LogP contribution in [0, 0.1) is 5.41 Å². The van der Waals surface area contributed by atoms with Crippen molar-refractivity contribution in [2.45, 2.75) is 61.7 Å². The van der Waals surface area contributed by atoms with Crippen LogP contribution in [0.2, 0.25) is 0 Å². The second kappa shape index (κ2) is 12.6. The van der Waals surface area contributed by atoms with Crippen LogP contribution in [0.4, 0.5) is 28.9 Å². The minimum absolute atomic E-state index is 0.120. The molecule has 3 amide bonds. The Morgan fingerprint density at radius 1 is 1.08 bits per heavy atom. The van der Waals surface area contributed by atoms with E-state index in [9.17, 15) is 22.8 Å². The van der Waals surface area contributed by atoms with Gasteiger partial charge in [0.25, 0.3) is 0 Å². The van der Waals surface area contributed by atoms with Crippen molar-refractivity contribution in [1.29, 1.82) is 0 Å². The number of benzene rings is 2. The Bertz CT molecular complexity index is 1890. The van der Waals surface area contributed by atoms with Gasteiger partial charge >= 0.3 is 12.2 Å². The minimum Gasteiger partial charge on any atom is -0.359 e. The lowest BCUT2D eigenvalue weighted by atomic mass is 9.56. The number of aryl methyl sites for hydroxylation is 1. The molecule has 1 aliphatic carbocycles. The number of carbonyl (C=O) groups excluding carboxylic acids is 2. The molecule has 10 nitrogen and oxygen atoms in total. The van der Waals surface area contributed by atoms with Gasteiger partial charge < -0.3 is 5.32 Å². The summed E-state index contributed by atoms with van der Waals surface area (Å²) in [6, 6.07) is 14.9. The van der Waals surface area contributed by atoms with E-state index in [1.54, 1.807) is 16.8 Å². The second-order valence-corrected chi connectivity index (χ2v) is 16.0. The van der Waals surface area contributed by atoms with Gasteiger partial charge in [-0.15, -0.1) is 0 Å². The number of nitrogens with zero attached hydrogens (tertiary/aromatic N) is 6. The predicted molar refractivity (Wildman–Crippen MR) is 184 cm³/mol. The summed E-state index contributed by atoms with van der Waals surface area (Å²) in [6.45, 7) is 5.17. The highest BCUT2D eigenvalue weighted by atomic mass is 32.2. The Hall–Kier alpha value is -3.66. The highest BCUT2D eigenvalue weighted by molar-refractivity contribution is 7.97. The summed E-state index contributed by atoms with van der Waals surface area (Å²) in [5, 5.41) is 11.5. The molecule has 3 aliphatic heterocycles. The molecule has 0 bridgehead atoms. The van der Waals surface area contributed by atoms with E-state index in [0.29, 0.717) is 40.2 Å². The van der Waals surface area contributed by atoms with E-state index in [4.69, 9.17) is 0 Å². The number of carbonyl (C=O) groups is 2. The molecular formula is C34H37F3N8O2S2. The molecule has 3 saturated heterocycles. The average molecular weight is 711 g/mol.